The number of carbonyl (C=O) groups excluding carboxylic acids is 3. The summed E-state index contributed by atoms with van der Waals surface area (Å²) >= 11 is 0. The van der Waals surface area contributed by atoms with Gasteiger partial charge < -0.3 is 34.9 Å². The lowest BCUT2D eigenvalue weighted by atomic mass is 9.58. The SMILES string of the molecule is CC(C)C[C@H](NC(=O)CCC(=O)O[C@@H]1O[C@@H]2O[C@]3(C)CC[C@H]4[C@H](C)CC[C@@H]([C@H]1C)[C@@]24OO3)C(=O)N[C@@H](Cc1c[nH]c2ccccc12)C(=O)O. The first-order valence-corrected chi connectivity index (χ1v) is 17.6. The molecule has 13 nitrogen and oxygen atoms in total. The second-order valence-corrected chi connectivity index (χ2v) is 15.0. The molecule has 2 bridgehead atoms. The zero-order valence-electron chi connectivity index (χ0n) is 28.9. The molecule has 2 aromatic rings. The molecule has 5 aliphatic rings. The van der Waals surface area contributed by atoms with Crippen LogP contribution in [0.1, 0.15) is 85.1 Å². The van der Waals surface area contributed by atoms with Gasteiger partial charge in [-0.25, -0.2) is 14.6 Å². The molecule has 1 saturated carbocycles. The monoisotopic (exact) mass is 683 g/mol. The number of amides is 2. The lowest BCUT2D eigenvalue weighted by Crippen LogP contribution is -2.70. The average molecular weight is 684 g/mol. The van der Waals surface area contributed by atoms with Crippen molar-refractivity contribution < 1.29 is 48.3 Å². The number of carbonyl (C=O) groups is 4. The number of H-pyrrole nitrogens is 1. The number of benzene rings is 1. The minimum absolute atomic E-state index is 0.0166. The van der Waals surface area contributed by atoms with Crippen LogP contribution < -0.4 is 10.6 Å². The lowest BCUT2D eigenvalue weighted by molar-refractivity contribution is -0.576. The van der Waals surface area contributed by atoms with Crippen LogP contribution >= 0.6 is 0 Å². The van der Waals surface area contributed by atoms with Crippen LogP contribution in [0.5, 0.6) is 0 Å². The van der Waals surface area contributed by atoms with Crippen LogP contribution in [-0.4, -0.2) is 69.9 Å². The molecule has 5 fully saturated rings. The summed E-state index contributed by atoms with van der Waals surface area (Å²) in [5.41, 5.74) is 0.838. The Hall–Kier alpha value is -3.52. The van der Waals surface area contributed by atoms with Gasteiger partial charge in [0.2, 0.25) is 23.9 Å². The van der Waals surface area contributed by atoms with Crippen LogP contribution in [0.3, 0.4) is 0 Å². The van der Waals surface area contributed by atoms with E-state index in [0.717, 1.165) is 35.7 Å². The zero-order chi connectivity index (χ0) is 35.1. The molecule has 1 aliphatic carbocycles. The first-order chi connectivity index (χ1) is 23.3. The van der Waals surface area contributed by atoms with E-state index in [1.54, 1.807) is 6.20 Å². The smallest absolute Gasteiger partial charge is 0.326 e. The fourth-order valence-electron chi connectivity index (χ4n) is 8.37. The van der Waals surface area contributed by atoms with Gasteiger partial charge in [0.05, 0.1) is 6.42 Å². The molecular formula is C36H49N3O10. The predicted molar refractivity (Wildman–Crippen MR) is 175 cm³/mol. The van der Waals surface area contributed by atoms with E-state index in [4.69, 9.17) is 24.0 Å². The van der Waals surface area contributed by atoms with Gasteiger partial charge in [0.15, 0.2) is 11.9 Å². The molecule has 10 atom stereocenters. The zero-order valence-corrected chi connectivity index (χ0v) is 28.9. The van der Waals surface area contributed by atoms with Gasteiger partial charge in [-0.1, -0.05) is 45.9 Å². The number of ether oxygens (including phenoxy) is 3. The minimum atomic E-state index is -1.21. The van der Waals surface area contributed by atoms with E-state index < -0.39 is 59.8 Å². The molecule has 268 valence electrons. The number of hydrogen-bond donors (Lipinski definition) is 4. The van der Waals surface area contributed by atoms with Crippen molar-refractivity contribution in [2.75, 3.05) is 0 Å². The van der Waals surface area contributed by atoms with Crippen molar-refractivity contribution in [2.45, 2.75) is 122 Å². The van der Waals surface area contributed by atoms with Crippen molar-refractivity contribution in [1.29, 1.82) is 0 Å². The number of esters is 1. The molecule has 1 spiro atoms. The molecular weight excluding hydrogens is 634 g/mol. The maximum Gasteiger partial charge on any atom is 0.326 e. The third-order valence-corrected chi connectivity index (χ3v) is 11.0. The van der Waals surface area contributed by atoms with Gasteiger partial charge in [-0.3, -0.25) is 14.4 Å². The van der Waals surface area contributed by atoms with Gasteiger partial charge in [0.25, 0.3) is 0 Å². The number of aromatic nitrogens is 1. The fourth-order valence-corrected chi connectivity index (χ4v) is 8.37. The highest BCUT2D eigenvalue weighted by Crippen LogP contribution is 2.60. The Bertz CT molecular complexity index is 1560. The van der Waals surface area contributed by atoms with Crippen molar-refractivity contribution in [3.8, 4) is 0 Å². The minimum Gasteiger partial charge on any atom is -0.480 e. The van der Waals surface area contributed by atoms with Crippen LogP contribution in [0.4, 0.5) is 0 Å². The van der Waals surface area contributed by atoms with Crippen molar-refractivity contribution in [1.82, 2.24) is 15.6 Å². The van der Waals surface area contributed by atoms with E-state index in [2.05, 4.69) is 22.5 Å². The van der Waals surface area contributed by atoms with E-state index in [0.29, 0.717) is 12.3 Å². The summed E-state index contributed by atoms with van der Waals surface area (Å²) in [7, 11) is 0. The maximum atomic E-state index is 13.3. The van der Waals surface area contributed by atoms with Gasteiger partial charge in [0.1, 0.15) is 12.1 Å². The second kappa shape index (κ2) is 14.0. The Morgan fingerprint density at radius 3 is 2.55 bits per heavy atom. The van der Waals surface area contributed by atoms with E-state index >= 15 is 0 Å². The highest BCUT2D eigenvalue weighted by molar-refractivity contribution is 5.91. The first kappa shape index (κ1) is 35.3. The Labute approximate surface area is 286 Å². The van der Waals surface area contributed by atoms with Gasteiger partial charge in [-0.05, 0) is 62.0 Å². The number of fused-ring (bicyclic) bond motifs is 3. The average Bonchev–Trinajstić information content (AvgIpc) is 3.32. The molecule has 1 aromatic carbocycles. The normalized spacial score (nSPS) is 33.3. The molecule has 0 radical (unpaired) electrons. The van der Waals surface area contributed by atoms with Gasteiger partial charge in [-0.2, -0.15) is 0 Å². The van der Waals surface area contributed by atoms with Crippen molar-refractivity contribution in [2.24, 2.45) is 29.6 Å². The summed E-state index contributed by atoms with van der Waals surface area (Å²) in [6.07, 6.45) is 3.39. The van der Waals surface area contributed by atoms with Crippen molar-refractivity contribution in [3.05, 3.63) is 36.0 Å². The number of para-hydroxylation sites is 1. The summed E-state index contributed by atoms with van der Waals surface area (Å²) in [4.78, 5) is 66.7. The molecule has 49 heavy (non-hydrogen) atoms. The third-order valence-electron chi connectivity index (χ3n) is 11.0. The summed E-state index contributed by atoms with van der Waals surface area (Å²) < 4.78 is 18.5. The van der Waals surface area contributed by atoms with E-state index in [1.165, 1.54) is 0 Å². The van der Waals surface area contributed by atoms with Crippen LogP contribution in [0.15, 0.2) is 30.5 Å². The van der Waals surface area contributed by atoms with E-state index in [1.807, 2.05) is 52.0 Å². The standard InChI is InChI=1S/C36H49N3O10/c1-19(2)16-27(31(42)39-28(32(43)44)17-22-18-37-26-9-7-6-8-23(22)26)38-29(40)12-13-30(41)45-33-21(4)25-11-10-20(3)24-14-15-35(5)47-34(46-33)36(24,25)49-48-35/h6-9,18-21,24-25,27-28,33-34,37H,10-17H2,1-5H3,(H,38,40)(H,39,42)(H,43,44)/t20-,21-,24+,25+,27+,28+,33-,34-,35+,36-/m1/s1. The van der Waals surface area contributed by atoms with Crippen LogP contribution in [0.2, 0.25) is 0 Å². The molecule has 1 aromatic heterocycles. The van der Waals surface area contributed by atoms with Gasteiger partial charge >= 0.3 is 11.9 Å². The van der Waals surface area contributed by atoms with Crippen LogP contribution in [0.25, 0.3) is 10.9 Å². The number of nitrogens with one attached hydrogen (secondary N) is 3. The number of rotatable bonds is 12. The highest BCUT2D eigenvalue weighted by Gasteiger charge is 2.69. The molecule has 13 heteroatoms. The van der Waals surface area contributed by atoms with Crippen LogP contribution in [-0.2, 0) is 49.6 Å². The molecule has 4 N–H and O–H groups in total. The Kier molecular flexibility index (Phi) is 10.1. The summed E-state index contributed by atoms with van der Waals surface area (Å²) in [6.45, 7) is 9.83. The molecule has 2 amide bonds. The second-order valence-electron chi connectivity index (χ2n) is 15.0. The van der Waals surface area contributed by atoms with Crippen LogP contribution in [0, 0.1) is 29.6 Å². The number of aliphatic carboxylic acids is 1. The fraction of sp³-hybridized carbons (Fsp3) is 0.667. The summed E-state index contributed by atoms with van der Waals surface area (Å²) in [6, 6.07) is 5.32. The van der Waals surface area contributed by atoms with E-state index in [9.17, 15) is 24.3 Å². The Morgan fingerprint density at radius 1 is 1.02 bits per heavy atom. The summed E-state index contributed by atoms with van der Waals surface area (Å²) in [5, 5.41) is 16.1. The number of carboxylic acid groups (broad SMARTS) is 1. The molecule has 0 unspecified atom stereocenters. The molecule has 4 saturated heterocycles. The van der Waals surface area contributed by atoms with Gasteiger partial charge in [0, 0.05) is 48.2 Å². The summed E-state index contributed by atoms with van der Waals surface area (Å²) in [5.74, 6) is -3.50. The lowest BCUT2D eigenvalue weighted by Gasteiger charge is -2.59. The van der Waals surface area contributed by atoms with Crippen molar-refractivity contribution in [3.63, 3.8) is 0 Å². The van der Waals surface area contributed by atoms with Gasteiger partial charge in [-0.15, -0.1) is 0 Å². The quantitative estimate of drug-likeness (QED) is 0.186. The Balaban J connectivity index is 1.05. The Morgan fingerprint density at radius 2 is 1.80 bits per heavy atom. The predicted octanol–water partition coefficient (Wildman–Crippen LogP) is 4.34. The van der Waals surface area contributed by atoms with E-state index in [-0.39, 0.29) is 49.4 Å². The molecule has 7 rings (SSSR count). The number of aromatic amines is 1. The third kappa shape index (κ3) is 7.08. The highest BCUT2D eigenvalue weighted by atomic mass is 17.3. The molecule has 4 aliphatic heterocycles. The largest absolute Gasteiger partial charge is 0.480 e. The number of carboxylic acids is 1. The topological polar surface area (TPSA) is 175 Å². The van der Waals surface area contributed by atoms with Crippen molar-refractivity contribution >= 4 is 34.7 Å². The molecule has 5 heterocycles. The maximum absolute atomic E-state index is 13.3. The number of hydrogen-bond acceptors (Lipinski definition) is 9. The first-order valence-electron chi connectivity index (χ1n) is 17.6.